The molecule has 0 aromatic heterocycles. The first kappa shape index (κ1) is 15.7. The van der Waals surface area contributed by atoms with E-state index >= 15 is 0 Å². The van der Waals surface area contributed by atoms with Crippen molar-refractivity contribution >= 4 is 0 Å². The van der Waals surface area contributed by atoms with E-state index in [0.29, 0.717) is 0 Å². The Balaban J connectivity index is -0.0000000483. The third kappa shape index (κ3) is 163. The van der Waals surface area contributed by atoms with Crippen molar-refractivity contribution in [2.75, 3.05) is 6.61 Å². The average molecular weight is 118 g/mol. The maximum atomic E-state index is 7.57. The summed E-state index contributed by atoms with van der Waals surface area (Å²) in [5.41, 5.74) is 0. The first-order valence-electron chi connectivity index (χ1n) is 2.19. The predicted octanol–water partition coefficient (Wildman–Crippen LogP) is 1.49. The summed E-state index contributed by atoms with van der Waals surface area (Å²) in [6.45, 7) is 10.8. The van der Waals surface area contributed by atoms with Gasteiger partial charge in [-0.15, -0.1) is 13.2 Å². The molecule has 0 rings (SSSR count). The molecule has 0 aromatic rings. The Morgan fingerprint density at radius 2 is 1.50 bits per heavy atom. The molecule has 0 fully saturated rings. The third-order valence-corrected chi connectivity index (χ3v) is 0. The van der Waals surface area contributed by atoms with Gasteiger partial charge in [-0.25, -0.2) is 0 Å². The highest BCUT2D eigenvalue weighted by Crippen LogP contribution is 1.30. The minimum atomic E-state index is 0.250. The van der Waals surface area contributed by atoms with Crippen molar-refractivity contribution in [3.63, 3.8) is 0 Å². The number of aliphatic hydroxyl groups is 2. The Kier molecular flexibility index (Phi) is 218. The summed E-state index contributed by atoms with van der Waals surface area (Å²) < 4.78 is 0. The molecule has 2 N–H and O–H groups in total. The number of rotatable bonds is 0. The molecule has 0 spiro atoms. The number of hydrogen-bond acceptors (Lipinski definition) is 2. The van der Waals surface area contributed by atoms with Gasteiger partial charge in [0.05, 0.1) is 6.26 Å². The Morgan fingerprint density at radius 1 is 1.50 bits per heavy atom. The van der Waals surface area contributed by atoms with E-state index in [9.17, 15) is 0 Å². The first-order valence-corrected chi connectivity index (χ1v) is 2.19. The summed E-state index contributed by atoms with van der Waals surface area (Å²) in [4.78, 5) is 0. The molecule has 0 heterocycles. The Hall–Kier alpha value is -0.760. The lowest BCUT2D eigenvalue weighted by Crippen LogP contribution is -1.57. The molecule has 0 unspecified atom stereocenters. The molecule has 0 saturated carbocycles. The molecule has 0 atom stereocenters. The van der Waals surface area contributed by atoms with Gasteiger partial charge in [0.15, 0.2) is 0 Å². The van der Waals surface area contributed by atoms with E-state index in [2.05, 4.69) is 19.7 Å². The fourth-order valence-corrected chi connectivity index (χ4v) is 0. The second-order valence-electron chi connectivity index (χ2n) is 0.499. The highest BCUT2D eigenvalue weighted by molar-refractivity contribution is 4.38. The summed E-state index contributed by atoms with van der Waals surface area (Å²) in [5.74, 6) is 0. The van der Waals surface area contributed by atoms with Gasteiger partial charge in [0, 0.05) is 6.61 Å². The van der Waals surface area contributed by atoms with Crippen molar-refractivity contribution in [2.45, 2.75) is 6.92 Å². The van der Waals surface area contributed by atoms with Crippen LogP contribution in [0.1, 0.15) is 6.92 Å². The molecule has 0 aliphatic rings. The third-order valence-electron chi connectivity index (χ3n) is 0. The summed E-state index contributed by atoms with van der Waals surface area (Å²) >= 11 is 0. The van der Waals surface area contributed by atoms with Crippen LogP contribution in [-0.4, -0.2) is 16.8 Å². The van der Waals surface area contributed by atoms with E-state index in [1.807, 2.05) is 0 Å². The molecule has 0 amide bonds. The SMILES string of the molecule is C=C.C=CO.CCO. The highest BCUT2D eigenvalue weighted by Gasteiger charge is 1.34. The standard InChI is InChI=1S/C2H6O.C2H4O.C2H4/c2*1-2-3;1-2/h3H,2H2,1H3;2-3H,1H2;1-2H2. The largest absolute Gasteiger partial charge is 0.516 e. The molecule has 2 heteroatoms. The average Bonchev–Trinajstić information content (AvgIpc) is 1.75. The molecular weight excluding hydrogens is 104 g/mol. The van der Waals surface area contributed by atoms with Crippen molar-refractivity contribution < 1.29 is 10.2 Å². The predicted molar refractivity (Wildman–Crippen MR) is 36.8 cm³/mol. The van der Waals surface area contributed by atoms with Crippen molar-refractivity contribution in [2.24, 2.45) is 0 Å². The van der Waals surface area contributed by atoms with Gasteiger partial charge >= 0.3 is 0 Å². The maximum absolute atomic E-state index is 7.57. The van der Waals surface area contributed by atoms with E-state index in [-0.39, 0.29) is 6.61 Å². The van der Waals surface area contributed by atoms with Crippen molar-refractivity contribution in [3.8, 4) is 0 Å². The topological polar surface area (TPSA) is 40.5 Å². The smallest absolute Gasteiger partial charge is 0.0719 e. The summed E-state index contributed by atoms with van der Waals surface area (Å²) in [6.07, 6.45) is 0.750. The van der Waals surface area contributed by atoms with Gasteiger partial charge in [-0.1, -0.05) is 6.58 Å². The molecule has 50 valence electrons. The van der Waals surface area contributed by atoms with E-state index in [1.54, 1.807) is 6.92 Å². The van der Waals surface area contributed by atoms with Crippen LogP contribution in [0.15, 0.2) is 26.0 Å². The first-order chi connectivity index (χ1) is 3.83. The minimum absolute atomic E-state index is 0.250. The fourth-order valence-electron chi connectivity index (χ4n) is 0. The molecule has 0 bridgehead atoms. The minimum Gasteiger partial charge on any atom is -0.516 e. The van der Waals surface area contributed by atoms with Crippen LogP contribution in [0.25, 0.3) is 0 Å². The van der Waals surface area contributed by atoms with Gasteiger partial charge in [-0.3, -0.25) is 0 Å². The Morgan fingerprint density at radius 3 is 1.50 bits per heavy atom. The number of aliphatic hydroxyl groups excluding tert-OH is 2. The van der Waals surface area contributed by atoms with Crippen molar-refractivity contribution in [1.29, 1.82) is 0 Å². The van der Waals surface area contributed by atoms with Crippen LogP contribution in [0.4, 0.5) is 0 Å². The summed E-state index contributed by atoms with van der Waals surface area (Å²) in [5, 5.41) is 14.9. The highest BCUT2D eigenvalue weighted by atomic mass is 16.2. The van der Waals surface area contributed by atoms with Gasteiger partial charge in [-0.05, 0) is 6.92 Å². The Bertz CT molecular complexity index is 27.7. The molecule has 2 nitrogen and oxygen atoms in total. The van der Waals surface area contributed by atoms with Crippen molar-refractivity contribution in [3.05, 3.63) is 26.0 Å². The second kappa shape index (κ2) is 111. The van der Waals surface area contributed by atoms with Gasteiger partial charge in [0.1, 0.15) is 0 Å². The van der Waals surface area contributed by atoms with Crippen LogP contribution in [0.2, 0.25) is 0 Å². The fraction of sp³-hybridized carbons (Fsp3) is 0.333. The molecule has 0 saturated heterocycles. The molecule has 0 radical (unpaired) electrons. The van der Waals surface area contributed by atoms with E-state index in [0.717, 1.165) is 6.26 Å². The quantitative estimate of drug-likeness (QED) is 0.373. The van der Waals surface area contributed by atoms with Crippen molar-refractivity contribution in [1.82, 2.24) is 0 Å². The zero-order valence-electron chi connectivity index (χ0n) is 5.30. The summed E-state index contributed by atoms with van der Waals surface area (Å²) in [7, 11) is 0. The molecule has 0 aromatic carbocycles. The normalized spacial score (nSPS) is 4.25. The van der Waals surface area contributed by atoms with E-state index in [4.69, 9.17) is 10.2 Å². The van der Waals surface area contributed by atoms with Gasteiger partial charge in [-0.2, -0.15) is 0 Å². The zero-order valence-corrected chi connectivity index (χ0v) is 5.30. The molecule has 0 aliphatic carbocycles. The lowest BCUT2D eigenvalue weighted by atomic mass is 10.9. The van der Waals surface area contributed by atoms with Crippen LogP contribution in [-0.2, 0) is 0 Å². The maximum Gasteiger partial charge on any atom is 0.0719 e. The van der Waals surface area contributed by atoms with Gasteiger partial charge in [0.2, 0.25) is 0 Å². The Labute approximate surface area is 50.8 Å². The van der Waals surface area contributed by atoms with E-state index in [1.165, 1.54) is 0 Å². The van der Waals surface area contributed by atoms with Crippen LogP contribution in [0.5, 0.6) is 0 Å². The molecular formula is C6H14O2. The monoisotopic (exact) mass is 118 g/mol. The van der Waals surface area contributed by atoms with E-state index < -0.39 is 0 Å². The van der Waals surface area contributed by atoms with Crippen LogP contribution in [0.3, 0.4) is 0 Å². The van der Waals surface area contributed by atoms with Gasteiger partial charge in [0.25, 0.3) is 0 Å². The number of hydrogen-bond donors (Lipinski definition) is 2. The lowest BCUT2D eigenvalue weighted by Gasteiger charge is -1.52. The van der Waals surface area contributed by atoms with Crippen LogP contribution < -0.4 is 0 Å². The second-order valence-corrected chi connectivity index (χ2v) is 0.499. The lowest BCUT2D eigenvalue weighted by molar-refractivity contribution is 0.318. The van der Waals surface area contributed by atoms with Crippen LogP contribution >= 0.6 is 0 Å². The molecule has 0 aliphatic heterocycles. The summed E-state index contributed by atoms with van der Waals surface area (Å²) in [6, 6.07) is 0. The van der Waals surface area contributed by atoms with Gasteiger partial charge < -0.3 is 10.2 Å². The van der Waals surface area contributed by atoms with Crippen LogP contribution in [0, 0.1) is 0 Å². The zero-order chi connectivity index (χ0) is 7.41. The molecule has 8 heavy (non-hydrogen) atoms.